The zero-order valence-electron chi connectivity index (χ0n) is 11.5. The summed E-state index contributed by atoms with van der Waals surface area (Å²) in [6.45, 7) is 3.70. The van der Waals surface area contributed by atoms with Crippen LogP contribution in [0.4, 0.5) is 5.82 Å². The number of carbonyl (C=O) groups is 1. The van der Waals surface area contributed by atoms with Crippen molar-refractivity contribution in [3.63, 3.8) is 0 Å². The number of nitrogens with one attached hydrogen (secondary N) is 1. The number of rotatable bonds is 4. The Kier molecular flexibility index (Phi) is 3.55. The van der Waals surface area contributed by atoms with Crippen LogP contribution >= 0.6 is 0 Å². The summed E-state index contributed by atoms with van der Waals surface area (Å²) in [6.07, 6.45) is 0. The minimum atomic E-state index is -0.244. The minimum Gasteiger partial charge on any atom is -0.466 e. The molecule has 0 saturated heterocycles. The van der Waals surface area contributed by atoms with Crippen molar-refractivity contribution in [2.24, 2.45) is 14.1 Å². The van der Waals surface area contributed by atoms with Gasteiger partial charge >= 0.3 is 0 Å². The number of aromatic nitrogens is 4. The number of aryl methyl sites for hydroxylation is 4. The molecule has 0 aromatic carbocycles. The Morgan fingerprint density at radius 1 is 1.26 bits per heavy atom. The summed E-state index contributed by atoms with van der Waals surface area (Å²) >= 11 is 0. The van der Waals surface area contributed by atoms with E-state index in [4.69, 9.17) is 4.74 Å². The second-order valence-electron chi connectivity index (χ2n) is 4.38. The Morgan fingerprint density at radius 3 is 2.53 bits per heavy atom. The van der Waals surface area contributed by atoms with E-state index in [0.717, 1.165) is 11.4 Å². The van der Waals surface area contributed by atoms with E-state index in [1.807, 2.05) is 20.9 Å². The summed E-state index contributed by atoms with van der Waals surface area (Å²) in [5, 5.41) is 11.0. The molecule has 2 rings (SSSR count). The normalized spacial score (nSPS) is 10.5. The van der Waals surface area contributed by atoms with Crippen molar-refractivity contribution in [2.75, 3.05) is 11.9 Å². The van der Waals surface area contributed by atoms with Crippen molar-refractivity contribution in [3.8, 4) is 5.88 Å². The Balaban J connectivity index is 1.90. The first-order valence-corrected chi connectivity index (χ1v) is 5.89. The largest absolute Gasteiger partial charge is 0.466 e. The predicted octanol–water partition coefficient (Wildman–Crippen LogP) is 0.788. The van der Waals surface area contributed by atoms with Crippen molar-refractivity contribution in [1.82, 2.24) is 19.6 Å². The summed E-state index contributed by atoms with van der Waals surface area (Å²) in [5.41, 5.74) is 1.82. The van der Waals surface area contributed by atoms with Gasteiger partial charge in [0.15, 0.2) is 6.61 Å². The molecule has 0 radical (unpaired) electrons. The SMILES string of the molecule is Cc1cc(NC(=O)COc2cc(C)n(C)n2)n(C)n1. The fraction of sp³-hybridized carbons (Fsp3) is 0.417. The van der Waals surface area contributed by atoms with Gasteiger partial charge in [-0.3, -0.25) is 14.2 Å². The predicted molar refractivity (Wildman–Crippen MR) is 70.0 cm³/mol. The fourth-order valence-electron chi connectivity index (χ4n) is 1.64. The highest BCUT2D eigenvalue weighted by Gasteiger charge is 2.09. The summed E-state index contributed by atoms with van der Waals surface area (Å²) in [4.78, 5) is 11.7. The average Bonchev–Trinajstić information content (AvgIpc) is 2.80. The van der Waals surface area contributed by atoms with Crippen LogP contribution in [-0.2, 0) is 18.9 Å². The number of amides is 1. The van der Waals surface area contributed by atoms with E-state index in [2.05, 4.69) is 15.5 Å². The van der Waals surface area contributed by atoms with E-state index in [-0.39, 0.29) is 12.5 Å². The first-order chi connectivity index (χ1) is 8.95. The van der Waals surface area contributed by atoms with Gasteiger partial charge in [0.25, 0.3) is 5.91 Å². The van der Waals surface area contributed by atoms with Crippen molar-refractivity contribution >= 4 is 11.7 Å². The quantitative estimate of drug-likeness (QED) is 0.885. The van der Waals surface area contributed by atoms with E-state index in [0.29, 0.717) is 11.7 Å². The van der Waals surface area contributed by atoms with Gasteiger partial charge in [-0.1, -0.05) is 0 Å². The lowest BCUT2D eigenvalue weighted by Crippen LogP contribution is -2.21. The Morgan fingerprint density at radius 2 is 2.00 bits per heavy atom. The van der Waals surface area contributed by atoms with Crippen LogP contribution in [0.2, 0.25) is 0 Å². The van der Waals surface area contributed by atoms with E-state index < -0.39 is 0 Å². The monoisotopic (exact) mass is 263 g/mol. The van der Waals surface area contributed by atoms with E-state index in [9.17, 15) is 4.79 Å². The first-order valence-electron chi connectivity index (χ1n) is 5.89. The van der Waals surface area contributed by atoms with Gasteiger partial charge in [-0.15, -0.1) is 5.10 Å². The molecule has 1 amide bonds. The zero-order chi connectivity index (χ0) is 14.0. The molecule has 0 aliphatic heterocycles. The van der Waals surface area contributed by atoms with Crippen LogP contribution in [-0.4, -0.2) is 32.1 Å². The van der Waals surface area contributed by atoms with Crippen LogP contribution in [0.15, 0.2) is 12.1 Å². The fourth-order valence-corrected chi connectivity index (χ4v) is 1.64. The summed E-state index contributed by atoms with van der Waals surface area (Å²) < 4.78 is 8.62. The third-order valence-electron chi connectivity index (χ3n) is 2.71. The molecule has 7 heteroatoms. The molecule has 0 aliphatic carbocycles. The van der Waals surface area contributed by atoms with Gasteiger partial charge in [0, 0.05) is 31.9 Å². The number of hydrogen-bond acceptors (Lipinski definition) is 4. The van der Waals surface area contributed by atoms with Gasteiger partial charge in [-0.25, -0.2) is 0 Å². The van der Waals surface area contributed by atoms with Gasteiger partial charge in [-0.2, -0.15) is 5.10 Å². The molecule has 0 spiro atoms. The van der Waals surface area contributed by atoms with Gasteiger partial charge in [0.1, 0.15) is 5.82 Å². The maximum Gasteiger partial charge on any atom is 0.263 e. The molecule has 1 N–H and O–H groups in total. The topological polar surface area (TPSA) is 74.0 Å². The number of nitrogens with zero attached hydrogens (tertiary/aromatic N) is 4. The Labute approximate surface area is 111 Å². The zero-order valence-corrected chi connectivity index (χ0v) is 11.5. The summed E-state index contributed by atoms with van der Waals surface area (Å²) in [5.74, 6) is 0.839. The molecule has 2 aromatic rings. The Bertz CT molecular complexity index is 580. The van der Waals surface area contributed by atoms with Crippen LogP contribution in [0.3, 0.4) is 0 Å². The van der Waals surface area contributed by atoms with Crippen LogP contribution in [0.25, 0.3) is 0 Å². The molecular weight excluding hydrogens is 246 g/mol. The van der Waals surface area contributed by atoms with Crippen molar-refractivity contribution < 1.29 is 9.53 Å². The second-order valence-corrected chi connectivity index (χ2v) is 4.38. The maximum atomic E-state index is 11.7. The molecule has 0 atom stereocenters. The molecular formula is C12H17N5O2. The van der Waals surface area contributed by atoms with Crippen molar-refractivity contribution in [1.29, 1.82) is 0 Å². The first kappa shape index (κ1) is 13.1. The molecule has 0 unspecified atom stereocenters. The lowest BCUT2D eigenvalue weighted by atomic mass is 10.4. The summed E-state index contributed by atoms with van der Waals surface area (Å²) in [6, 6.07) is 3.57. The maximum absolute atomic E-state index is 11.7. The number of anilines is 1. The van der Waals surface area contributed by atoms with Gasteiger partial charge in [-0.05, 0) is 13.8 Å². The molecule has 7 nitrogen and oxygen atoms in total. The average molecular weight is 263 g/mol. The minimum absolute atomic E-state index is 0.0827. The van der Waals surface area contributed by atoms with E-state index >= 15 is 0 Å². The van der Waals surface area contributed by atoms with Crippen LogP contribution < -0.4 is 10.1 Å². The van der Waals surface area contributed by atoms with E-state index in [1.54, 1.807) is 28.5 Å². The number of ether oxygens (including phenoxy) is 1. The molecule has 19 heavy (non-hydrogen) atoms. The van der Waals surface area contributed by atoms with Crippen LogP contribution in [0, 0.1) is 13.8 Å². The third-order valence-corrected chi connectivity index (χ3v) is 2.71. The Hall–Kier alpha value is -2.31. The third kappa shape index (κ3) is 3.12. The van der Waals surface area contributed by atoms with Gasteiger partial charge < -0.3 is 10.1 Å². The molecule has 0 fully saturated rings. The van der Waals surface area contributed by atoms with Crippen molar-refractivity contribution in [2.45, 2.75) is 13.8 Å². The van der Waals surface area contributed by atoms with Crippen LogP contribution in [0.5, 0.6) is 5.88 Å². The smallest absolute Gasteiger partial charge is 0.263 e. The highest BCUT2D eigenvalue weighted by atomic mass is 16.5. The summed E-state index contributed by atoms with van der Waals surface area (Å²) in [7, 11) is 3.59. The van der Waals surface area contributed by atoms with E-state index in [1.165, 1.54) is 0 Å². The number of carbonyl (C=O) groups excluding carboxylic acids is 1. The number of hydrogen-bond donors (Lipinski definition) is 1. The lowest BCUT2D eigenvalue weighted by molar-refractivity contribution is -0.118. The molecule has 0 saturated carbocycles. The molecule has 0 bridgehead atoms. The molecule has 0 aliphatic rings. The second kappa shape index (κ2) is 5.13. The lowest BCUT2D eigenvalue weighted by Gasteiger charge is -2.05. The standard InChI is InChI=1S/C12H17N5O2/c1-8-5-10(17(4)14-8)13-11(18)7-19-12-6-9(2)16(3)15-12/h5-6H,7H2,1-4H3,(H,13,18). The van der Waals surface area contributed by atoms with Crippen molar-refractivity contribution in [3.05, 3.63) is 23.5 Å². The highest BCUT2D eigenvalue weighted by Crippen LogP contribution is 2.10. The molecule has 2 aromatic heterocycles. The molecule has 102 valence electrons. The van der Waals surface area contributed by atoms with Gasteiger partial charge in [0.2, 0.25) is 5.88 Å². The van der Waals surface area contributed by atoms with Gasteiger partial charge in [0.05, 0.1) is 5.69 Å². The highest BCUT2D eigenvalue weighted by molar-refractivity contribution is 5.91. The van der Waals surface area contributed by atoms with Crippen LogP contribution in [0.1, 0.15) is 11.4 Å². The molecule has 2 heterocycles.